The molecule has 25 heavy (non-hydrogen) atoms. The number of hydrogen-bond acceptors (Lipinski definition) is 3. The first-order valence-corrected chi connectivity index (χ1v) is 8.15. The topological polar surface area (TPSA) is 58.6 Å². The molecule has 0 aliphatic heterocycles. The molecule has 0 radical (unpaired) electrons. The molecule has 0 bridgehead atoms. The van der Waals surface area contributed by atoms with Crippen LogP contribution in [0.2, 0.25) is 0 Å². The predicted molar refractivity (Wildman–Crippen MR) is 97.2 cm³/mol. The number of likely N-dealkylation sites (N-methyl/N-ethyl adjacent to an activating group) is 1. The number of methoxy groups -OCH3 is 1. The Morgan fingerprint density at radius 1 is 1.04 bits per heavy atom. The minimum absolute atomic E-state index is 0.134. The Balaban J connectivity index is 2.16. The molecule has 5 heteroatoms. The van der Waals surface area contributed by atoms with Crippen LogP contribution >= 0.6 is 0 Å². The monoisotopic (exact) mass is 340 g/mol. The molecule has 1 N–H and O–H groups in total. The van der Waals surface area contributed by atoms with Crippen LogP contribution in [0.3, 0.4) is 0 Å². The van der Waals surface area contributed by atoms with Gasteiger partial charge in [-0.25, -0.2) is 0 Å². The fourth-order valence-corrected chi connectivity index (χ4v) is 2.57. The van der Waals surface area contributed by atoms with Gasteiger partial charge in [-0.05, 0) is 23.3 Å². The van der Waals surface area contributed by atoms with E-state index in [9.17, 15) is 9.59 Å². The molecule has 0 fully saturated rings. The molecule has 0 saturated heterocycles. The Hall–Kier alpha value is -2.66. The van der Waals surface area contributed by atoms with Crippen LogP contribution in [0.5, 0.6) is 0 Å². The number of nitrogens with one attached hydrogen (secondary N) is 1. The average molecular weight is 340 g/mol. The summed E-state index contributed by atoms with van der Waals surface area (Å²) in [6.45, 7) is 0.436. The maximum Gasteiger partial charge on any atom is 0.251 e. The lowest BCUT2D eigenvalue weighted by atomic mass is 10.0. The van der Waals surface area contributed by atoms with Gasteiger partial charge < -0.3 is 15.0 Å². The van der Waals surface area contributed by atoms with E-state index in [-0.39, 0.29) is 11.8 Å². The Labute approximate surface area is 148 Å². The first-order valence-electron chi connectivity index (χ1n) is 8.15. The molecule has 0 saturated carbocycles. The number of carbonyl (C=O) groups excluding carboxylic acids is 2. The molecular formula is C20H24N2O3. The van der Waals surface area contributed by atoms with Gasteiger partial charge in [0.2, 0.25) is 5.91 Å². The highest BCUT2D eigenvalue weighted by Gasteiger charge is 2.23. The second kappa shape index (κ2) is 8.99. The highest BCUT2D eigenvalue weighted by Crippen LogP contribution is 2.09. The summed E-state index contributed by atoms with van der Waals surface area (Å²) >= 11 is 0. The van der Waals surface area contributed by atoms with Crippen LogP contribution in [0, 0.1) is 0 Å². The molecule has 132 valence electrons. The Morgan fingerprint density at radius 2 is 1.72 bits per heavy atom. The Morgan fingerprint density at radius 3 is 2.36 bits per heavy atom. The van der Waals surface area contributed by atoms with Crippen molar-refractivity contribution in [3.63, 3.8) is 0 Å². The summed E-state index contributed by atoms with van der Waals surface area (Å²) in [5.41, 5.74) is 2.42. The van der Waals surface area contributed by atoms with E-state index < -0.39 is 6.04 Å². The molecule has 5 nitrogen and oxygen atoms in total. The average Bonchev–Trinajstić information content (AvgIpc) is 2.61. The summed E-state index contributed by atoms with van der Waals surface area (Å²) in [7, 11) is 4.98. The molecule has 2 amide bonds. The van der Waals surface area contributed by atoms with Gasteiger partial charge in [-0.15, -0.1) is 0 Å². The second-order valence-corrected chi connectivity index (χ2v) is 6.08. The summed E-state index contributed by atoms with van der Waals surface area (Å²) in [5, 5.41) is 2.86. The zero-order chi connectivity index (χ0) is 18.2. The molecule has 1 atom stereocenters. The highest BCUT2D eigenvalue weighted by atomic mass is 16.5. The van der Waals surface area contributed by atoms with Crippen molar-refractivity contribution in [1.29, 1.82) is 0 Å². The van der Waals surface area contributed by atoms with Crippen LogP contribution in [0.15, 0.2) is 54.6 Å². The number of hydrogen-bond donors (Lipinski definition) is 1. The smallest absolute Gasteiger partial charge is 0.251 e. The van der Waals surface area contributed by atoms with E-state index in [1.54, 1.807) is 33.3 Å². The van der Waals surface area contributed by atoms with Crippen LogP contribution in [-0.4, -0.2) is 44.0 Å². The zero-order valence-electron chi connectivity index (χ0n) is 14.9. The standard InChI is InChI=1S/C20H24N2O3/c1-22(2)20(24)18(13-15-8-5-4-6-9-15)21-19(23)17-11-7-10-16(12-17)14-25-3/h4-12,18H,13-14H2,1-3H3,(H,21,23). The first-order chi connectivity index (χ1) is 12.0. The minimum atomic E-state index is -0.615. The number of nitrogens with zero attached hydrogens (tertiary/aromatic N) is 1. The molecule has 0 aliphatic carbocycles. The van der Waals surface area contributed by atoms with Crippen LogP contribution in [-0.2, 0) is 22.6 Å². The Bertz CT molecular complexity index is 714. The molecular weight excluding hydrogens is 316 g/mol. The predicted octanol–water partition coefficient (Wildman–Crippen LogP) is 2.26. The lowest BCUT2D eigenvalue weighted by Gasteiger charge is -2.22. The first kappa shape index (κ1) is 18.7. The minimum Gasteiger partial charge on any atom is -0.380 e. The van der Waals surface area contributed by atoms with Gasteiger partial charge in [0, 0.05) is 33.2 Å². The largest absolute Gasteiger partial charge is 0.380 e. The van der Waals surface area contributed by atoms with Gasteiger partial charge in [0.15, 0.2) is 0 Å². The van der Waals surface area contributed by atoms with Gasteiger partial charge in [0.05, 0.1) is 6.61 Å². The molecule has 2 aromatic rings. The van der Waals surface area contributed by atoms with Crippen molar-refractivity contribution < 1.29 is 14.3 Å². The van der Waals surface area contributed by atoms with E-state index >= 15 is 0 Å². The molecule has 0 aliphatic rings. The lowest BCUT2D eigenvalue weighted by Crippen LogP contribution is -2.47. The zero-order valence-corrected chi connectivity index (χ0v) is 14.9. The van der Waals surface area contributed by atoms with E-state index in [1.165, 1.54) is 4.90 Å². The maximum atomic E-state index is 12.6. The third-order valence-electron chi connectivity index (χ3n) is 3.83. The van der Waals surface area contributed by atoms with E-state index in [0.717, 1.165) is 11.1 Å². The number of amides is 2. The fourth-order valence-electron chi connectivity index (χ4n) is 2.57. The van der Waals surface area contributed by atoms with E-state index in [4.69, 9.17) is 4.74 Å². The molecule has 2 aromatic carbocycles. The van der Waals surface area contributed by atoms with Crippen molar-refractivity contribution in [2.75, 3.05) is 21.2 Å². The Kier molecular flexibility index (Phi) is 6.71. The van der Waals surface area contributed by atoms with Crippen molar-refractivity contribution in [3.05, 3.63) is 71.3 Å². The summed E-state index contributed by atoms with van der Waals surface area (Å²) in [4.78, 5) is 26.6. The quantitative estimate of drug-likeness (QED) is 0.841. The van der Waals surface area contributed by atoms with Crippen molar-refractivity contribution in [2.24, 2.45) is 0 Å². The van der Waals surface area contributed by atoms with Gasteiger partial charge >= 0.3 is 0 Å². The number of carbonyl (C=O) groups is 2. The SMILES string of the molecule is COCc1cccc(C(=O)NC(Cc2ccccc2)C(=O)N(C)C)c1. The molecule has 0 spiro atoms. The number of ether oxygens (including phenoxy) is 1. The summed E-state index contributed by atoms with van der Waals surface area (Å²) in [6, 6.07) is 16.2. The second-order valence-electron chi connectivity index (χ2n) is 6.08. The molecule has 0 aromatic heterocycles. The van der Waals surface area contributed by atoms with Crippen LogP contribution in [0.4, 0.5) is 0 Å². The normalized spacial score (nSPS) is 11.6. The van der Waals surface area contributed by atoms with Crippen LogP contribution in [0.25, 0.3) is 0 Å². The summed E-state index contributed by atoms with van der Waals surface area (Å²) < 4.78 is 5.10. The van der Waals surface area contributed by atoms with E-state index in [1.807, 2.05) is 42.5 Å². The summed E-state index contributed by atoms with van der Waals surface area (Å²) in [5.74, 6) is -0.403. The maximum absolute atomic E-state index is 12.6. The number of benzene rings is 2. The molecule has 0 heterocycles. The van der Waals surface area contributed by atoms with Gasteiger partial charge in [-0.3, -0.25) is 9.59 Å². The van der Waals surface area contributed by atoms with Gasteiger partial charge in [0.1, 0.15) is 6.04 Å². The molecule has 2 rings (SSSR count). The van der Waals surface area contributed by atoms with Crippen molar-refractivity contribution >= 4 is 11.8 Å². The van der Waals surface area contributed by atoms with Crippen molar-refractivity contribution in [2.45, 2.75) is 19.1 Å². The van der Waals surface area contributed by atoms with E-state index in [2.05, 4.69) is 5.32 Å². The van der Waals surface area contributed by atoms with Crippen LogP contribution in [0.1, 0.15) is 21.5 Å². The van der Waals surface area contributed by atoms with E-state index in [0.29, 0.717) is 18.6 Å². The third kappa shape index (κ3) is 5.43. The van der Waals surface area contributed by atoms with Crippen molar-refractivity contribution in [3.8, 4) is 0 Å². The number of rotatable bonds is 7. The third-order valence-corrected chi connectivity index (χ3v) is 3.83. The lowest BCUT2D eigenvalue weighted by molar-refractivity contribution is -0.130. The fraction of sp³-hybridized carbons (Fsp3) is 0.300. The van der Waals surface area contributed by atoms with Crippen molar-refractivity contribution in [1.82, 2.24) is 10.2 Å². The van der Waals surface area contributed by atoms with Gasteiger partial charge in [0.25, 0.3) is 5.91 Å². The molecule has 1 unspecified atom stereocenters. The van der Waals surface area contributed by atoms with Crippen LogP contribution < -0.4 is 5.32 Å². The summed E-state index contributed by atoms with van der Waals surface area (Å²) in [6.07, 6.45) is 0.446. The van der Waals surface area contributed by atoms with Gasteiger partial charge in [-0.1, -0.05) is 42.5 Å². The highest BCUT2D eigenvalue weighted by molar-refractivity contribution is 5.97. The van der Waals surface area contributed by atoms with Gasteiger partial charge in [-0.2, -0.15) is 0 Å².